The summed E-state index contributed by atoms with van der Waals surface area (Å²) in [4.78, 5) is 4.70. The van der Waals surface area contributed by atoms with Gasteiger partial charge in [0, 0.05) is 10.2 Å². The van der Waals surface area contributed by atoms with Crippen molar-refractivity contribution in [1.82, 2.24) is 9.55 Å². The summed E-state index contributed by atoms with van der Waals surface area (Å²) in [5.41, 5.74) is 5.67. The standard InChI is InChI=1S/C17H16BrClN2/c1-10-4-6-14(8-11(10)2)21-16-7-5-13(18)9-15(16)20-17(21)12(3)19/h4-9,12H,1-3H3. The maximum atomic E-state index is 6.35. The molecule has 4 heteroatoms. The van der Waals surface area contributed by atoms with Crippen LogP contribution in [-0.4, -0.2) is 9.55 Å². The summed E-state index contributed by atoms with van der Waals surface area (Å²) in [6.45, 7) is 6.20. The number of aromatic nitrogens is 2. The number of imidazole rings is 1. The van der Waals surface area contributed by atoms with Gasteiger partial charge in [-0.25, -0.2) is 4.98 Å². The molecule has 0 N–H and O–H groups in total. The highest BCUT2D eigenvalue weighted by Gasteiger charge is 2.16. The predicted molar refractivity (Wildman–Crippen MR) is 92.5 cm³/mol. The topological polar surface area (TPSA) is 17.8 Å². The van der Waals surface area contributed by atoms with Crippen LogP contribution in [0.1, 0.15) is 29.3 Å². The Bertz CT molecular complexity index is 821. The van der Waals surface area contributed by atoms with Gasteiger partial charge in [0.25, 0.3) is 0 Å². The van der Waals surface area contributed by atoms with Gasteiger partial charge >= 0.3 is 0 Å². The van der Waals surface area contributed by atoms with Crippen molar-refractivity contribution < 1.29 is 0 Å². The van der Waals surface area contributed by atoms with Crippen LogP contribution in [0.15, 0.2) is 40.9 Å². The molecule has 1 heterocycles. The smallest absolute Gasteiger partial charge is 0.132 e. The average Bonchev–Trinajstić information content (AvgIpc) is 2.80. The molecule has 1 atom stereocenters. The third kappa shape index (κ3) is 2.60. The molecule has 0 fully saturated rings. The number of benzene rings is 2. The van der Waals surface area contributed by atoms with E-state index in [1.807, 2.05) is 19.1 Å². The Morgan fingerprint density at radius 3 is 2.52 bits per heavy atom. The van der Waals surface area contributed by atoms with E-state index in [1.165, 1.54) is 11.1 Å². The molecule has 3 aromatic rings. The second-order valence-electron chi connectivity index (χ2n) is 5.32. The lowest BCUT2D eigenvalue weighted by Gasteiger charge is -2.12. The van der Waals surface area contributed by atoms with Gasteiger partial charge in [0.15, 0.2) is 0 Å². The zero-order chi connectivity index (χ0) is 15.1. The van der Waals surface area contributed by atoms with Crippen molar-refractivity contribution >= 4 is 38.6 Å². The zero-order valence-corrected chi connectivity index (χ0v) is 14.5. The minimum Gasteiger partial charge on any atom is -0.295 e. The first-order valence-corrected chi connectivity index (χ1v) is 8.10. The number of aryl methyl sites for hydroxylation is 2. The van der Waals surface area contributed by atoms with E-state index in [2.05, 4.69) is 58.6 Å². The fourth-order valence-corrected chi connectivity index (χ4v) is 2.97. The van der Waals surface area contributed by atoms with Crippen LogP contribution in [0, 0.1) is 13.8 Å². The summed E-state index contributed by atoms with van der Waals surface area (Å²) in [6.07, 6.45) is 0. The molecule has 1 aromatic heterocycles. The number of hydrogen-bond donors (Lipinski definition) is 0. The van der Waals surface area contributed by atoms with Crippen LogP contribution >= 0.6 is 27.5 Å². The van der Waals surface area contributed by atoms with Crippen LogP contribution in [-0.2, 0) is 0 Å². The highest BCUT2D eigenvalue weighted by atomic mass is 79.9. The summed E-state index contributed by atoms with van der Waals surface area (Å²) >= 11 is 9.84. The summed E-state index contributed by atoms with van der Waals surface area (Å²) in [7, 11) is 0. The molecule has 0 saturated carbocycles. The Morgan fingerprint density at radius 2 is 1.86 bits per heavy atom. The fourth-order valence-electron chi connectivity index (χ4n) is 2.47. The minimum absolute atomic E-state index is 0.155. The maximum absolute atomic E-state index is 6.35. The van der Waals surface area contributed by atoms with Gasteiger partial charge in [0.1, 0.15) is 5.82 Å². The Labute approximate surface area is 137 Å². The number of halogens is 2. The summed E-state index contributed by atoms with van der Waals surface area (Å²) in [6, 6.07) is 12.6. The summed E-state index contributed by atoms with van der Waals surface area (Å²) in [5, 5.41) is -0.155. The quantitative estimate of drug-likeness (QED) is 0.534. The summed E-state index contributed by atoms with van der Waals surface area (Å²) in [5.74, 6) is 0.869. The molecule has 2 nitrogen and oxygen atoms in total. The normalized spacial score (nSPS) is 12.8. The number of nitrogens with zero attached hydrogens (tertiary/aromatic N) is 2. The van der Waals surface area contributed by atoms with E-state index in [1.54, 1.807) is 0 Å². The van der Waals surface area contributed by atoms with Crippen molar-refractivity contribution in [2.45, 2.75) is 26.1 Å². The van der Waals surface area contributed by atoms with Gasteiger partial charge in [-0.15, -0.1) is 11.6 Å². The fraction of sp³-hybridized carbons (Fsp3) is 0.235. The lowest BCUT2D eigenvalue weighted by Crippen LogP contribution is -2.02. The average molecular weight is 364 g/mol. The van der Waals surface area contributed by atoms with Crippen molar-refractivity contribution in [2.75, 3.05) is 0 Å². The molecular formula is C17H16BrClN2. The zero-order valence-electron chi connectivity index (χ0n) is 12.2. The van der Waals surface area contributed by atoms with E-state index in [4.69, 9.17) is 16.6 Å². The first-order chi connectivity index (χ1) is 9.97. The van der Waals surface area contributed by atoms with Crippen molar-refractivity contribution in [1.29, 1.82) is 0 Å². The molecule has 0 amide bonds. The first-order valence-electron chi connectivity index (χ1n) is 6.87. The van der Waals surface area contributed by atoms with Gasteiger partial charge in [-0.3, -0.25) is 4.57 Å². The van der Waals surface area contributed by atoms with Crippen LogP contribution in [0.4, 0.5) is 0 Å². The molecule has 3 rings (SSSR count). The lowest BCUT2D eigenvalue weighted by atomic mass is 10.1. The second kappa shape index (κ2) is 5.47. The van der Waals surface area contributed by atoms with Gasteiger partial charge in [-0.05, 0) is 62.2 Å². The third-order valence-corrected chi connectivity index (χ3v) is 4.44. The van der Waals surface area contributed by atoms with E-state index in [0.29, 0.717) is 0 Å². The van der Waals surface area contributed by atoms with E-state index >= 15 is 0 Å². The predicted octanol–water partition coefficient (Wildman–Crippen LogP) is 5.70. The second-order valence-corrected chi connectivity index (χ2v) is 6.89. The highest BCUT2D eigenvalue weighted by molar-refractivity contribution is 9.10. The molecule has 0 saturated heterocycles. The first kappa shape index (κ1) is 14.6. The van der Waals surface area contributed by atoms with Gasteiger partial charge in [-0.2, -0.15) is 0 Å². The Balaban J connectivity index is 2.33. The molecule has 21 heavy (non-hydrogen) atoms. The van der Waals surface area contributed by atoms with Crippen LogP contribution in [0.2, 0.25) is 0 Å². The van der Waals surface area contributed by atoms with Crippen molar-refractivity contribution in [3.05, 3.63) is 57.8 Å². The van der Waals surface area contributed by atoms with E-state index in [-0.39, 0.29) is 5.38 Å². The Kier molecular flexibility index (Phi) is 3.80. The van der Waals surface area contributed by atoms with Gasteiger partial charge in [0.05, 0.1) is 16.4 Å². The molecule has 0 aliphatic carbocycles. The number of alkyl halides is 1. The molecule has 108 valence electrons. The van der Waals surface area contributed by atoms with Gasteiger partial charge in [0.2, 0.25) is 0 Å². The Morgan fingerprint density at radius 1 is 1.10 bits per heavy atom. The molecule has 0 radical (unpaired) electrons. The van der Waals surface area contributed by atoms with Crippen LogP contribution in [0.5, 0.6) is 0 Å². The Hall–Kier alpha value is -1.32. The molecule has 0 aliphatic rings. The number of fused-ring (bicyclic) bond motifs is 1. The largest absolute Gasteiger partial charge is 0.295 e. The van der Waals surface area contributed by atoms with Crippen molar-refractivity contribution in [2.24, 2.45) is 0 Å². The van der Waals surface area contributed by atoms with E-state index in [0.717, 1.165) is 27.0 Å². The SMILES string of the molecule is Cc1ccc(-n2c(C(C)Cl)nc3cc(Br)ccc32)cc1C. The van der Waals surface area contributed by atoms with Gasteiger partial charge < -0.3 is 0 Å². The molecule has 1 unspecified atom stereocenters. The molecule has 2 aromatic carbocycles. The van der Waals surface area contributed by atoms with Crippen LogP contribution in [0.25, 0.3) is 16.7 Å². The number of rotatable bonds is 2. The maximum Gasteiger partial charge on any atom is 0.132 e. The minimum atomic E-state index is -0.155. The van der Waals surface area contributed by atoms with E-state index in [9.17, 15) is 0 Å². The van der Waals surface area contributed by atoms with Crippen LogP contribution < -0.4 is 0 Å². The van der Waals surface area contributed by atoms with Crippen LogP contribution in [0.3, 0.4) is 0 Å². The highest BCUT2D eigenvalue weighted by Crippen LogP contribution is 2.30. The molecular weight excluding hydrogens is 348 g/mol. The van der Waals surface area contributed by atoms with Crippen molar-refractivity contribution in [3.8, 4) is 5.69 Å². The van der Waals surface area contributed by atoms with E-state index < -0.39 is 0 Å². The van der Waals surface area contributed by atoms with Crippen molar-refractivity contribution in [3.63, 3.8) is 0 Å². The molecule has 0 spiro atoms. The lowest BCUT2D eigenvalue weighted by molar-refractivity contribution is 0.881. The molecule has 0 bridgehead atoms. The van der Waals surface area contributed by atoms with Gasteiger partial charge in [-0.1, -0.05) is 22.0 Å². The third-order valence-electron chi connectivity index (χ3n) is 3.75. The monoisotopic (exact) mass is 362 g/mol. The molecule has 0 aliphatic heterocycles. The number of hydrogen-bond acceptors (Lipinski definition) is 1. The summed E-state index contributed by atoms with van der Waals surface area (Å²) < 4.78 is 3.17.